The van der Waals surface area contributed by atoms with Crippen molar-refractivity contribution in [1.82, 2.24) is 15.5 Å². The second kappa shape index (κ2) is 5.70. The number of hydrogen-bond acceptors (Lipinski definition) is 5. The fourth-order valence-electron chi connectivity index (χ4n) is 1.03. The van der Waals surface area contributed by atoms with Gasteiger partial charge in [0.25, 0.3) is 0 Å². The van der Waals surface area contributed by atoms with Crippen molar-refractivity contribution in [3.63, 3.8) is 0 Å². The number of aromatic nitrogens is 2. The molecule has 0 spiro atoms. The first-order valence-corrected chi connectivity index (χ1v) is 6.12. The molecule has 6 nitrogen and oxygen atoms in total. The summed E-state index contributed by atoms with van der Waals surface area (Å²) < 4.78 is 36.8. The number of halogens is 3. The SMILES string of the molecule is CCC(C)(CO)NC(=O)Nc1nnc(C(F)(F)F)s1. The van der Waals surface area contributed by atoms with E-state index in [2.05, 4.69) is 20.8 Å². The summed E-state index contributed by atoms with van der Waals surface area (Å²) in [4.78, 5) is 11.5. The molecule has 1 atom stereocenters. The van der Waals surface area contributed by atoms with Crippen LogP contribution in [0.4, 0.5) is 23.1 Å². The van der Waals surface area contributed by atoms with Gasteiger partial charge in [-0.1, -0.05) is 18.3 Å². The fourth-order valence-corrected chi connectivity index (χ4v) is 1.64. The summed E-state index contributed by atoms with van der Waals surface area (Å²) in [6.45, 7) is 3.07. The van der Waals surface area contributed by atoms with Crippen LogP contribution in [0, 0.1) is 0 Å². The van der Waals surface area contributed by atoms with Gasteiger partial charge in [-0.2, -0.15) is 13.2 Å². The van der Waals surface area contributed by atoms with E-state index in [9.17, 15) is 18.0 Å². The zero-order valence-electron chi connectivity index (χ0n) is 10.2. The molecule has 0 aliphatic heterocycles. The predicted octanol–water partition coefficient (Wildman–Crippen LogP) is 1.84. The molecule has 0 fully saturated rings. The predicted molar refractivity (Wildman–Crippen MR) is 62.8 cm³/mol. The molecule has 0 bridgehead atoms. The van der Waals surface area contributed by atoms with Crippen LogP contribution in [-0.2, 0) is 6.18 Å². The second-order valence-electron chi connectivity index (χ2n) is 4.06. The summed E-state index contributed by atoms with van der Waals surface area (Å²) in [6.07, 6.45) is -4.13. The highest BCUT2D eigenvalue weighted by molar-refractivity contribution is 7.15. The van der Waals surface area contributed by atoms with Crippen LogP contribution in [0.15, 0.2) is 0 Å². The molecule has 10 heteroatoms. The maximum atomic E-state index is 12.3. The number of nitrogens with zero attached hydrogens (tertiary/aromatic N) is 2. The number of rotatable bonds is 4. The topological polar surface area (TPSA) is 87.1 Å². The molecule has 19 heavy (non-hydrogen) atoms. The van der Waals surface area contributed by atoms with Crippen LogP contribution < -0.4 is 10.6 Å². The summed E-state index contributed by atoms with van der Waals surface area (Å²) >= 11 is 0.228. The lowest BCUT2D eigenvalue weighted by molar-refractivity contribution is -0.138. The third kappa shape index (κ3) is 4.31. The summed E-state index contributed by atoms with van der Waals surface area (Å²) in [5.41, 5.74) is -0.846. The van der Waals surface area contributed by atoms with Crippen molar-refractivity contribution in [3.8, 4) is 0 Å². The molecular weight excluding hydrogens is 285 g/mol. The molecule has 1 aromatic rings. The van der Waals surface area contributed by atoms with Crippen LogP contribution in [0.3, 0.4) is 0 Å². The van der Waals surface area contributed by atoms with E-state index in [1.54, 1.807) is 13.8 Å². The van der Waals surface area contributed by atoms with Crippen LogP contribution in [0.25, 0.3) is 0 Å². The number of carbonyl (C=O) groups excluding carboxylic acids is 1. The Morgan fingerprint density at radius 1 is 1.42 bits per heavy atom. The van der Waals surface area contributed by atoms with Gasteiger partial charge in [-0.25, -0.2) is 4.79 Å². The number of alkyl halides is 3. The average molecular weight is 298 g/mol. The van der Waals surface area contributed by atoms with Crippen LogP contribution in [-0.4, -0.2) is 33.5 Å². The van der Waals surface area contributed by atoms with Crippen molar-refractivity contribution in [2.24, 2.45) is 0 Å². The van der Waals surface area contributed by atoms with Gasteiger partial charge in [0.1, 0.15) is 0 Å². The Kier molecular flexibility index (Phi) is 4.69. The molecule has 0 aromatic carbocycles. The van der Waals surface area contributed by atoms with E-state index in [0.29, 0.717) is 6.42 Å². The molecule has 0 aliphatic carbocycles. The Morgan fingerprint density at radius 2 is 2.05 bits per heavy atom. The molecule has 1 heterocycles. The number of amides is 2. The van der Waals surface area contributed by atoms with Gasteiger partial charge in [0.2, 0.25) is 10.1 Å². The molecule has 1 unspecified atom stereocenters. The van der Waals surface area contributed by atoms with Gasteiger partial charge in [0.15, 0.2) is 0 Å². The van der Waals surface area contributed by atoms with Crippen molar-refractivity contribution < 1.29 is 23.1 Å². The Labute approximate surface area is 111 Å². The highest BCUT2D eigenvalue weighted by Crippen LogP contribution is 2.32. The first kappa shape index (κ1) is 15.6. The van der Waals surface area contributed by atoms with Gasteiger partial charge in [0, 0.05) is 0 Å². The van der Waals surface area contributed by atoms with E-state index < -0.39 is 22.8 Å². The van der Waals surface area contributed by atoms with Gasteiger partial charge in [0.05, 0.1) is 12.1 Å². The van der Waals surface area contributed by atoms with Gasteiger partial charge >= 0.3 is 12.2 Å². The minimum Gasteiger partial charge on any atom is -0.394 e. The van der Waals surface area contributed by atoms with Crippen LogP contribution >= 0.6 is 11.3 Å². The number of hydrogen-bond donors (Lipinski definition) is 3. The third-order valence-electron chi connectivity index (χ3n) is 2.43. The molecule has 108 valence electrons. The lowest BCUT2D eigenvalue weighted by atomic mass is 10.0. The van der Waals surface area contributed by atoms with Crippen molar-refractivity contribution in [3.05, 3.63) is 5.01 Å². The summed E-state index contributed by atoms with van der Waals surface area (Å²) in [7, 11) is 0. The molecule has 0 radical (unpaired) electrons. The van der Waals surface area contributed by atoms with Gasteiger partial charge in [-0.15, -0.1) is 10.2 Å². The number of carbonyl (C=O) groups is 1. The van der Waals surface area contributed by atoms with Crippen molar-refractivity contribution >= 4 is 22.5 Å². The lowest BCUT2D eigenvalue weighted by Gasteiger charge is -2.26. The number of aliphatic hydroxyl groups is 1. The van der Waals surface area contributed by atoms with E-state index in [1.807, 2.05) is 0 Å². The average Bonchev–Trinajstić information content (AvgIpc) is 2.76. The zero-order chi connectivity index (χ0) is 14.7. The van der Waals surface area contributed by atoms with Crippen molar-refractivity contribution in [1.29, 1.82) is 0 Å². The third-order valence-corrected chi connectivity index (χ3v) is 3.32. The monoisotopic (exact) mass is 298 g/mol. The molecule has 0 aliphatic rings. The summed E-state index contributed by atoms with van der Waals surface area (Å²) in [5.74, 6) is 0. The van der Waals surface area contributed by atoms with Gasteiger partial charge < -0.3 is 10.4 Å². The van der Waals surface area contributed by atoms with E-state index >= 15 is 0 Å². The van der Waals surface area contributed by atoms with Gasteiger partial charge in [-0.3, -0.25) is 5.32 Å². The zero-order valence-corrected chi connectivity index (χ0v) is 11.0. The summed E-state index contributed by atoms with van der Waals surface area (Å²) in [5, 5.41) is 18.4. The minimum atomic E-state index is -4.59. The Hall–Kier alpha value is -1.42. The Bertz CT molecular complexity index is 445. The van der Waals surface area contributed by atoms with E-state index in [0.717, 1.165) is 0 Å². The molecule has 1 rings (SSSR count). The van der Waals surface area contributed by atoms with Crippen molar-refractivity contribution in [2.75, 3.05) is 11.9 Å². The Balaban J connectivity index is 2.65. The van der Waals surface area contributed by atoms with Crippen LogP contribution in [0.5, 0.6) is 0 Å². The summed E-state index contributed by atoms with van der Waals surface area (Å²) in [6, 6.07) is -0.747. The molecule has 1 aromatic heterocycles. The quantitative estimate of drug-likeness (QED) is 0.791. The van der Waals surface area contributed by atoms with Crippen LogP contribution in [0.2, 0.25) is 0 Å². The molecular formula is C9H13F3N4O2S. The normalized spacial score (nSPS) is 14.8. The molecule has 0 saturated heterocycles. The van der Waals surface area contributed by atoms with Crippen molar-refractivity contribution in [2.45, 2.75) is 32.0 Å². The maximum absolute atomic E-state index is 12.3. The second-order valence-corrected chi connectivity index (χ2v) is 5.04. The Morgan fingerprint density at radius 3 is 2.47 bits per heavy atom. The first-order valence-electron chi connectivity index (χ1n) is 5.31. The minimum absolute atomic E-state index is 0.228. The molecule has 3 N–H and O–H groups in total. The number of anilines is 1. The van der Waals surface area contributed by atoms with E-state index in [-0.39, 0.29) is 23.1 Å². The van der Waals surface area contributed by atoms with Crippen LogP contribution in [0.1, 0.15) is 25.3 Å². The lowest BCUT2D eigenvalue weighted by Crippen LogP contribution is -2.50. The number of urea groups is 1. The smallest absolute Gasteiger partial charge is 0.394 e. The molecule has 2 amide bonds. The number of nitrogens with one attached hydrogen (secondary N) is 2. The van der Waals surface area contributed by atoms with E-state index in [4.69, 9.17) is 5.11 Å². The van der Waals surface area contributed by atoms with E-state index in [1.165, 1.54) is 0 Å². The number of aliphatic hydroxyl groups excluding tert-OH is 1. The highest BCUT2D eigenvalue weighted by Gasteiger charge is 2.36. The largest absolute Gasteiger partial charge is 0.445 e. The molecule has 0 saturated carbocycles. The van der Waals surface area contributed by atoms with Gasteiger partial charge in [-0.05, 0) is 13.3 Å². The fraction of sp³-hybridized carbons (Fsp3) is 0.667. The highest BCUT2D eigenvalue weighted by atomic mass is 32.1. The first-order chi connectivity index (χ1) is 8.70. The standard InChI is InChI=1S/C9H13F3N4O2S/c1-3-8(2,4-17)14-6(18)13-7-16-15-5(19-7)9(10,11)12/h17H,3-4H2,1-2H3,(H2,13,14,16,18). The maximum Gasteiger partial charge on any atom is 0.445 e.